The molecule has 24 heavy (non-hydrogen) atoms. The Morgan fingerprint density at radius 2 is 1.92 bits per heavy atom. The third kappa shape index (κ3) is 4.42. The number of nitrogens with zero attached hydrogens (tertiary/aromatic N) is 1. The molecule has 2 N–H and O–H groups in total. The third-order valence-electron chi connectivity index (χ3n) is 5.41. The molecule has 5 heteroatoms. The predicted octanol–water partition coefficient (Wildman–Crippen LogP) is 3.24. The van der Waals surface area contributed by atoms with Gasteiger partial charge in [0, 0.05) is 24.2 Å². The molecule has 134 valence electrons. The maximum Gasteiger partial charge on any atom is 0.137 e. The lowest BCUT2D eigenvalue weighted by atomic mass is 9.88. The molecule has 0 radical (unpaired) electrons. The van der Waals surface area contributed by atoms with E-state index in [-0.39, 0.29) is 6.61 Å². The zero-order valence-corrected chi connectivity index (χ0v) is 14.9. The second-order valence-corrected chi connectivity index (χ2v) is 7.71. The van der Waals surface area contributed by atoms with E-state index in [0.29, 0.717) is 29.8 Å². The van der Waals surface area contributed by atoms with Gasteiger partial charge in [-0.05, 0) is 37.5 Å². The average molecular weight is 354 g/mol. The van der Waals surface area contributed by atoms with E-state index in [4.69, 9.17) is 16.3 Å². The van der Waals surface area contributed by atoms with E-state index in [1.807, 2.05) is 12.1 Å². The van der Waals surface area contributed by atoms with E-state index < -0.39 is 11.7 Å². The monoisotopic (exact) mass is 353 g/mol. The fraction of sp³-hybridized carbons (Fsp3) is 0.684. The Hall–Kier alpha value is -0.810. The maximum atomic E-state index is 11.0. The largest absolute Gasteiger partial charge is 0.490 e. The smallest absolute Gasteiger partial charge is 0.137 e. The van der Waals surface area contributed by atoms with E-state index in [1.165, 1.54) is 38.5 Å². The van der Waals surface area contributed by atoms with Crippen LogP contribution in [0.3, 0.4) is 0 Å². The molecule has 0 amide bonds. The van der Waals surface area contributed by atoms with Crippen molar-refractivity contribution in [2.24, 2.45) is 0 Å². The summed E-state index contributed by atoms with van der Waals surface area (Å²) in [6.45, 7) is 1.41. The van der Waals surface area contributed by atoms with Crippen molar-refractivity contribution in [2.45, 2.75) is 62.7 Å². The van der Waals surface area contributed by atoms with Crippen LogP contribution in [0.1, 0.15) is 44.9 Å². The van der Waals surface area contributed by atoms with Crippen molar-refractivity contribution in [3.63, 3.8) is 0 Å². The fourth-order valence-corrected chi connectivity index (χ4v) is 4.11. The summed E-state index contributed by atoms with van der Waals surface area (Å²) in [6, 6.07) is 7.66. The van der Waals surface area contributed by atoms with Gasteiger partial charge in [-0.25, -0.2) is 0 Å². The normalized spacial score (nSPS) is 30.0. The molecular formula is C19H28ClNO3. The van der Waals surface area contributed by atoms with Gasteiger partial charge in [0.05, 0.1) is 6.10 Å². The summed E-state index contributed by atoms with van der Waals surface area (Å²) in [5, 5.41) is 21.9. The number of aliphatic hydroxyl groups is 2. The summed E-state index contributed by atoms with van der Waals surface area (Å²) < 4.78 is 5.74. The molecule has 4 nitrogen and oxygen atoms in total. The van der Waals surface area contributed by atoms with Crippen molar-refractivity contribution in [1.29, 1.82) is 0 Å². The number of halogens is 1. The molecular weight excluding hydrogens is 326 g/mol. The van der Waals surface area contributed by atoms with Gasteiger partial charge in [0.2, 0.25) is 0 Å². The summed E-state index contributed by atoms with van der Waals surface area (Å²) in [5.41, 5.74) is -1.23. The molecule has 1 saturated carbocycles. The standard InChI is InChI=1S/C19H28ClNO3/c20-15-6-5-9-17(12-15)24-14-19(23)13-21(11-10-18(19)22)16-7-3-1-2-4-8-16/h5-6,9,12,16,18,22-23H,1-4,7-8,10-11,13-14H2/t18-,19-/m0/s1. The first-order valence-corrected chi connectivity index (χ1v) is 9.47. The Kier molecular flexibility index (Phi) is 6.03. The van der Waals surface area contributed by atoms with E-state index in [2.05, 4.69) is 4.90 Å². The Morgan fingerprint density at radius 1 is 1.17 bits per heavy atom. The number of β-amino-alcohol motifs (C(OH)–C–C–N with tert-alkyl or cyclic N) is 1. The van der Waals surface area contributed by atoms with Crippen molar-refractivity contribution in [1.82, 2.24) is 4.90 Å². The van der Waals surface area contributed by atoms with Gasteiger partial charge in [0.1, 0.15) is 18.0 Å². The molecule has 1 aliphatic carbocycles. The molecule has 2 aliphatic rings. The van der Waals surface area contributed by atoms with Crippen molar-refractivity contribution >= 4 is 11.6 Å². The van der Waals surface area contributed by atoms with Crippen LogP contribution < -0.4 is 4.74 Å². The highest BCUT2D eigenvalue weighted by Gasteiger charge is 2.43. The number of aliphatic hydroxyl groups excluding tert-OH is 1. The Labute approximate surface area is 149 Å². The van der Waals surface area contributed by atoms with Crippen LogP contribution in [0.25, 0.3) is 0 Å². The van der Waals surface area contributed by atoms with Crippen LogP contribution in [0.15, 0.2) is 24.3 Å². The second kappa shape index (κ2) is 8.05. The summed E-state index contributed by atoms with van der Waals surface area (Å²) in [6.07, 6.45) is 7.39. The number of piperidine rings is 1. The Balaban J connectivity index is 1.63. The molecule has 2 fully saturated rings. The lowest BCUT2D eigenvalue weighted by Gasteiger charge is -2.45. The van der Waals surface area contributed by atoms with Crippen LogP contribution in [0.5, 0.6) is 5.75 Å². The number of benzene rings is 1. The molecule has 1 saturated heterocycles. The van der Waals surface area contributed by atoms with Gasteiger partial charge in [0.15, 0.2) is 0 Å². The molecule has 3 rings (SSSR count). The van der Waals surface area contributed by atoms with Crippen molar-refractivity contribution < 1.29 is 14.9 Å². The molecule has 0 aromatic heterocycles. The number of rotatable bonds is 4. The molecule has 0 spiro atoms. The van der Waals surface area contributed by atoms with E-state index in [0.717, 1.165) is 6.54 Å². The number of hydrogen-bond donors (Lipinski definition) is 2. The minimum atomic E-state index is -1.23. The summed E-state index contributed by atoms with van der Waals surface area (Å²) in [7, 11) is 0. The van der Waals surface area contributed by atoms with E-state index in [1.54, 1.807) is 12.1 Å². The maximum absolute atomic E-state index is 11.0. The van der Waals surface area contributed by atoms with Crippen LogP contribution in [0.4, 0.5) is 0 Å². The lowest BCUT2D eigenvalue weighted by Crippen LogP contribution is -2.61. The molecule has 1 aromatic carbocycles. The van der Waals surface area contributed by atoms with Crippen molar-refractivity contribution in [3.05, 3.63) is 29.3 Å². The van der Waals surface area contributed by atoms with Gasteiger partial charge >= 0.3 is 0 Å². The fourth-order valence-electron chi connectivity index (χ4n) is 3.93. The van der Waals surface area contributed by atoms with Crippen molar-refractivity contribution in [3.8, 4) is 5.75 Å². The summed E-state index contributed by atoms with van der Waals surface area (Å²) >= 11 is 5.97. The molecule has 1 aliphatic heterocycles. The molecule has 1 heterocycles. The first-order valence-electron chi connectivity index (χ1n) is 9.10. The predicted molar refractivity (Wildman–Crippen MR) is 95.6 cm³/mol. The van der Waals surface area contributed by atoms with Crippen LogP contribution in [-0.2, 0) is 0 Å². The number of ether oxygens (including phenoxy) is 1. The molecule has 0 unspecified atom stereocenters. The number of hydrogen-bond acceptors (Lipinski definition) is 4. The minimum Gasteiger partial charge on any atom is -0.490 e. The highest BCUT2D eigenvalue weighted by Crippen LogP contribution is 2.29. The highest BCUT2D eigenvalue weighted by molar-refractivity contribution is 6.30. The van der Waals surface area contributed by atoms with Crippen LogP contribution in [0, 0.1) is 0 Å². The highest BCUT2D eigenvalue weighted by atomic mass is 35.5. The topological polar surface area (TPSA) is 52.9 Å². The third-order valence-corrected chi connectivity index (χ3v) is 5.65. The van der Waals surface area contributed by atoms with Gasteiger partial charge in [0.25, 0.3) is 0 Å². The van der Waals surface area contributed by atoms with Gasteiger partial charge in [-0.2, -0.15) is 0 Å². The Morgan fingerprint density at radius 3 is 2.62 bits per heavy atom. The van der Waals surface area contributed by atoms with Crippen LogP contribution >= 0.6 is 11.6 Å². The van der Waals surface area contributed by atoms with Gasteiger partial charge in [-0.3, -0.25) is 4.90 Å². The first kappa shape index (κ1) is 18.0. The first-order chi connectivity index (χ1) is 11.6. The van der Waals surface area contributed by atoms with Gasteiger partial charge < -0.3 is 14.9 Å². The minimum absolute atomic E-state index is 0.0811. The van der Waals surface area contributed by atoms with Crippen molar-refractivity contribution in [2.75, 3.05) is 19.7 Å². The second-order valence-electron chi connectivity index (χ2n) is 7.27. The SMILES string of the molecule is O[C@H]1CCN(C2CCCCCC2)C[C@]1(O)COc1cccc(Cl)c1. The van der Waals surface area contributed by atoms with Crippen LogP contribution in [0.2, 0.25) is 5.02 Å². The summed E-state index contributed by atoms with van der Waals surface area (Å²) in [4.78, 5) is 2.36. The zero-order valence-electron chi connectivity index (χ0n) is 14.2. The molecule has 0 bridgehead atoms. The quantitative estimate of drug-likeness (QED) is 0.816. The zero-order chi connectivity index (χ0) is 17.0. The molecule has 1 aromatic rings. The molecule has 2 atom stereocenters. The lowest BCUT2D eigenvalue weighted by molar-refractivity contribution is -0.145. The number of likely N-dealkylation sites (tertiary alicyclic amines) is 1. The average Bonchev–Trinajstić information content (AvgIpc) is 2.85. The Bertz CT molecular complexity index is 533. The van der Waals surface area contributed by atoms with Gasteiger partial charge in [-0.15, -0.1) is 0 Å². The van der Waals surface area contributed by atoms with E-state index in [9.17, 15) is 10.2 Å². The van der Waals surface area contributed by atoms with Crippen LogP contribution in [-0.4, -0.2) is 52.6 Å². The van der Waals surface area contributed by atoms with Gasteiger partial charge in [-0.1, -0.05) is 43.4 Å². The summed E-state index contributed by atoms with van der Waals surface area (Å²) in [5.74, 6) is 0.620. The van der Waals surface area contributed by atoms with E-state index >= 15 is 0 Å².